The molecule has 0 saturated heterocycles. The van der Waals surface area contributed by atoms with Gasteiger partial charge in [-0.2, -0.15) is 0 Å². The number of nitrogens with one attached hydrogen (secondary N) is 2. The molecular formula is C14H13ClN2. The zero-order chi connectivity index (χ0) is 12.1. The second-order valence-electron chi connectivity index (χ2n) is 3.57. The number of benzene rings is 2. The van der Waals surface area contributed by atoms with Crippen molar-refractivity contribution in [3.8, 4) is 0 Å². The Balaban J connectivity index is 2.01. The summed E-state index contributed by atoms with van der Waals surface area (Å²) in [4.78, 5) is 0. The molecule has 0 unspecified atom stereocenters. The van der Waals surface area contributed by atoms with E-state index in [9.17, 15) is 0 Å². The molecular weight excluding hydrogens is 232 g/mol. The van der Waals surface area contributed by atoms with Gasteiger partial charge < -0.3 is 10.9 Å². The summed E-state index contributed by atoms with van der Waals surface area (Å²) < 4.78 is 0. The maximum atomic E-state index is 6.07. The van der Waals surface area contributed by atoms with Crippen LogP contribution in [0.25, 0.3) is 5.70 Å². The molecule has 0 atom stereocenters. The highest BCUT2D eigenvalue weighted by Crippen LogP contribution is 2.20. The first-order chi connectivity index (χ1) is 8.27. The standard InChI is InChI=1S/C14H13ClN2/c1-11(13-9-5-6-10-14(13)15)16-17-12-7-3-2-4-8-12/h2-10,16-17H,1H2. The Morgan fingerprint density at radius 3 is 2.29 bits per heavy atom. The van der Waals surface area contributed by atoms with Crippen LogP contribution in [0.5, 0.6) is 0 Å². The molecule has 0 aliphatic heterocycles. The highest BCUT2D eigenvalue weighted by molar-refractivity contribution is 6.32. The smallest absolute Gasteiger partial charge is 0.0555 e. The molecule has 3 heteroatoms. The monoisotopic (exact) mass is 244 g/mol. The molecule has 0 bridgehead atoms. The maximum absolute atomic E-state index is 6.07. The Labute approximate surface area is 106 Å². The zero-order valence-electron chi connectivity index (χ0n) is 9.28. The van der Waals surface area contributed by atoms with Gasteiger partial charge in [0.1, 0.15) is 0 Å². The Hall–Kier alpha value is -1.93. The molecule has 2 rings (SSSR count). The number of hydrazine groups is 1. The van der Waals surface area contributed by atoms with Crippen molar-refractivity contribution in [2.24, 2.45) is 0 Å². The molecule has 2 aromatic carbocycles. The average molecular weight is 245 g/mol. The van der Waals surface area contributed by atoms with Gasteiger partial charge in [-0.1, -0.05) is 54.6 Å². The highest BCUT2D eigenvalue weighted by atomic mass is 35.5. The van der Waals surface area contributed by atoms with Crippen LogP contribution >= 0.6 is 11.6 Å². The second-order valence-corrected chi connectivity index (χ2v) is 3.98. The van der Waals surface area contributed by atoms with Crippen LogP contribution in [0.15, 0.2) is 61.2 Å². The number of para-hydroxylation sites is 1. The molecule has 0 fully saturated rings. The number of hydrogen-bond donors (Lipinski definition) is 2. The van der Waals surface area contributed by atoms with E-state index in [4.69, 9.17) is 11.6 Å². The Morgan fingerprint density at radius 2 is 1.59 bits per heavy atom. The molecule has 0 aliphatic carbocycles. The van der Waals surface area contributed by atoms with Crippen LogP contribution in [0.1, 0.15) is 5.56 Å². The molecule has 0 spiro atoms. The summed E-state index contributed by atoms with van der Waals surface area (Å²) in [7, 11) is 0. The summed E-state index contributed by atoms with van der Waals surface area (Å²) in [5.74, 6) is 0. The topological polar surface area (TPSA) is 24.1 Å². The Kier molecular flexibility index (Phi) is 3.68. The quantitative estimate of drug-likeness (QED) is 0.797. The van der Waals surface area contributed by atoms with Gasteiger partial charge in [0.15, 0.2) is 0 Å². The molecule has 0 saturated carbocycles. The lowest BCUT2D eigenvalue weighted by atomic mass is 10.2. The molecule has 0 heterocycles. The molecule has 0 aromatic heterocycles. The van der Waals surface area contributed by atoms with Gasteiger partial charge in [0.2, 0.25) is 0 Å². The molecule has 2 aromatic rings. The molecule has 0 aliphatic rings. The van der Waals surface area contributed by atoms with Crippen LogP contribution in [0, 0.1) is 0 Å². The van der Waals surface area contributed by atoms with Gasteiger partial charge in [-0.3, -0.25) is 0 Å². The lowest BCUT2D eigenvalue weighted by molar-refractivity contribution is 1.08. The predicted octanol–water partition coefficient (Wildman–Crippen LogP) is 3.93. The summed E-state index contributed by atoms with van der Waals surface area (Å²) in [6.07, 6.45) is 0. The van der Waals surface area contributed by atoms with Gasteiger partial charge >= 0.3 is 0 Å². The number of halogens is 1. The Bertz CT molecular complexity index is 509. The average Bonchev–Trinajstić information content (AvgIpc) is 2.38. The van der Waals surface area contributed by atoms with E-state index in [2.05, 4.69) is 17.4 Å². The van der Waals surface area contributed by atoms with Gasteiger partial charge in [0.05, 0.1) is 11.4 Å². The largest absolute Gasteiger partial charge is 0.301 e. The summed E-state index contributed by atoms with van der Waals surface area (Å²) in [6.45, 7) is 3.94. The van der Waals surface area contributed by atoms with Crippen molar-refractivity contribution >= 4 is 23.0 Å². The first-order valence-corrected chi connectivity index (χ1v) is 5.66. The third-order valence-electron chi connectivity index (χ3n) is 2.33. The van der Waals surface area contributed by atoms with Gasteiger partial charge in [-0.25, -0.2) is 0 Å². The van der Waals surface area contributed by atoms with Crippen molar-refractivity contribution in [3.05, 3.63) is 71.8 Å². The van der Waals surface area contributed by atoms with E-state index >= 15 is 0 Å². The van der Waals surface area contributed by atoms with Crippen LogP contribution in [0.2, 0.25) is 5.02 Å². The molecule has 2 nitrogen and oxygen atoms in total. The lowest BCUT2D eigenvalue weighted by Gasteiger charge is -2.13. The van der Waals surface area contributed by atoms with Crippen molar-refractivity contribution in [1.82, 2.24) is 5.43 Å². The number of anilines is 1. The molecule has 86 valence electrons. The van der Waals surface area contributed by atoms with Gasteiger partial charge in [0.25, 0.3) is 0 Å². The Morgan fingerprint density at radius 1 is 0.941 bits per heavy atom. The maximum Gasteiger partial charge on any atom is 0.0555 e. The molecule has 0 radical (unpaired) electrons. The van der Waals surface area contributed by atoms with E-state index in [0.29, 0.717) is 5.02 Å². The predicted molar refractivity (Wildman–Crippen MR) is 73.7 cm³/mol. The fourth-order valence-corrected chi connectivity index (χ4v) is 1.69. The first kappa shape index (κ1) is 11.6. The number of rotatable bonds is 4. The van der Waals surface area contributed by atoms with Crippen LogP contribution in [0.3, 0.4) is 0 Å². The van der Waals surface area contributed by atoms with E-state index in [0.717, 1.165) is 16.9 Å². The van der Waals surface area contributed by atoms with Crippen molar-refractivity contribution in [3.63, 3.8) is 0 Å². The fourth-order valence-electron chi connectivity index (χ4n) is 1.44. The van der Waals surface area contributed by atoms with E-state index < -0.39 is 0 Å². The highest BCUT2D eigenvalue weighted by Gasteiger charge is 2.02. The molecule has 0 amide bonds. The van der Waals surface area contributed by atoms with Crippen molar-refractivity contribution in [2.75, 3.05) is 5.43 Å². The van der Waals surface area contributed by atoms with E-state index in [1.54, 1.807) is 0 Å². The number of hydrogen-bond acceptors (Lipinski definition) is 2. The molecule has 2 N–H and O–H groups in total. The van der Waals surface area contributed by atoms with E-state index in [1.807, 2.05) is 54.6 Å². The summed E-state index contributed by atoms with van der Waals surface area (Å²) >= 11 is 6.07. The third kappa shape index (κ3) is 3.02. The lowest BCUT2D eigenvalue weighted by Crippen LogP contribution is -2.19. The summed E-state index contributed by atoms with van der Waals surface area (Å²) in [5.41, 5.74) is 8.68. The SMILES string of the molecule is C=C(NNc1ccccc1)c1ccccc1Cl. The van der Waals surface area contributed by atoms with Crippen molar-refractivity contribution in [1.29, 1.82) is 0 Å². The summed E-state index contributed by atoms with van der Waals surface area (Å²) in [6, 6.07) is 17.4. The minimum atomic E-state index is 0.680. The fraction of sp³-hybridized carbons (Fsp3) is 0. The first-order valence-electron chi connectivity index (χ1n) is 5.28. The van der Waals surface area contributed by atoms with E-state index in [1.165, 1.54) is 0 Å². The van der Waals surface area contributed by atoms with Crippen molar-refractivity contribution < 1.29 is 0 Å². The second kappa shape index (κ2) is 5.41. The van der Waals surface area contributed by atoms with Crippen LogP contribution < -0.4 is 10.9 Å². The van der Waals surface area contributed by atoms with Gasteiger partial charge in [-0.15, -0.1) is 0 Å². The van der Waals surface area contributed by atoms with Crippen LogP contribution in [-0.4, -0.2) is 0 Å². The van der Waals surface area contributed by atoms with E-state index in [-0.39, 0.29) is 0 Å². The minimum absolute atomic E-state index is 0.680. The summed E-state index contributed by atoms with van der Waals surface area (Å²) in [5, 5.41) is 0.680. The zero-order valence-corrected chi connectivity index (χ0v) is 10.0. The minimum Gasteiger partial charge on any atom is -0.301 e. The van der Waals surface area contributed by atoms with Crippen molar-refractivity contribution in [2.45, 2.75) is 0 Å². The third-order valence-corrected chi connectivity index (χ3v) is 2.66. The van der Waals surface area contributed by atoms with Crippen LogP contribution in [0.4, 0.5) is 5.69 Å². The van der Waals surface area contributed by atoms with Gasteiger partial charge in [-0.05, 0) is 18.2 Å². The van der Waals surface area contributed by atoms with Gasteiger partial charge in [0, 0.05) is 10.6 Å². The molecule has 17 heavy (non-hydrogen) atoms. The normalized spacial score (nSPS) is 9.71. The van der Waals surface area contributed by atoms with Crippen LogP contribution in [-0.2, 0) is 0 Å².